The number of imide groups is 1. The number of carbonyl (C=O) groups excluding carboxylic acids is 3. The van der Waals surface area contributed by atoms with Crippen LogP contribution in [0.2, 0.25) is 0 Å². The highest BCUT2D eigenvalue weighted by molar-refractivity contribution is 7.92. The molecule has 216 valence electrons. The van der Waals surface area contributed by atoms with E-state index >= 15 is 0 Å². The standard InChI is InChI=1S/C25H18F6N3O6S/c26-24(27,28)22(36)40-34(15-17-10-12-32-13-11-17)20(14-16-4-2-1-3-5-16)21(35)33(23(34)37)18-6-8-19(9-7-18)41(38,39)25(29,30)31/h1-13,20H,14-15H2/q+1/t20-,34?/m1/s1. The minimum absolute atomic E-state index is 0.155. The molecule has 2 atom stereocenters. The van der Waals surface area contributed by atoms with Gasteiger partial charge in [0, 0.05) is 24.4 Å². The monoisotopic (exact) mass is 602 g/mol. The van der Waals surface area contributed by atoms with E-state index in [1.54, 1.807) is 18.2 Å². The first kappa shape index (κ1) is 29.7. The highest BCUT2D eigenvalue weighted by Crippen LogP contribution is 2.39. The number of amides is 3. The Balaban J connectivity index is 1.86. The summed E-state index contributed by atoms with van der Waals surface area (Å²) < 4.78 is 101. The summed E-state index contributed by atoms with van der Waals surface area (Å²) >= 11 is 0. The van der Waals surface area contributed by atoms with E-state index in [0.717, 1.165) is 0 Å². The zero-order valence-corrected chi connectivity index (χ0v) is 21.3. The molecule has 1 aliphatic heterocycles. The maximum absolute atomic E-state index is 13.9. The third-order valence-corrected chi connectivity index (χ3v) is 7.65. The van der Waals surface area contributed by atoms with Gasteiger partial charge in [0.1, 0.15) is 0 Å². The van der Waals surface area contributed by atoms with E-state index in [0.29, 0.717) is 34.7 Å². The lowest BCUT2D eigenvalue weighted by Crippen LogP contribution is -2.58. The quantitative estimate of drug-likeness (QED) is 0.223. The zero-order chi connectivity index (χ0) is 30.2. The smallest absolute Gasteiger partial charge is 0.267 e. The zero-order valence-electron chi connectivity index (χ0n) is 20.5. The highest BCUT2D eigenvalue weighted by Gasteiger charge is 2.66. The molecule has 1 unspecified atom stereocenters. The summed E-state index contributed by atoms with van der Waals surface area (Å²) in [5.41, 5.74) is -5.57. The molecule has 9 nitrogen and oxygen atoms in total. The number of benzene rings is 2. The van der Waals surface area contributed by atoms with E-state index in [1.807, 2.05) is 0 Å². The number of hydrogen-bond acceptors (Lipinski definition) is 7. The normalized spacial score (nSPS) is 19.9. The largest absolute Gasteiger partial charge is 0.501 e. The molecule has 3 amide bonds. The SMILES string of the molecule is O=C1[C@@H](Cc2ccccc2)[N+](Cc2ccncc2)(OC(=O)C(F)(F)F)C(=O)N1c1ccc(S(=O)(=O)C(F)(F)F)cc1. The Hall–Kier alpha value is -4.31. The molecule has 1 aliphatic rings. The predicted molar refractivity (Wildman–Crippen MR) is 127 cm³/mol. The minimum atomic E-state index is -5.78. The molecule has 1 saturated heterocycles. The molecule has 0 N–H and O–H groups in total. The van der Waals surface area contributed by atoms with Gasteiger partial charge in [0.15, 0.2) is 6.54 Å². The number of anilines is 1. The summed E-state index contributed by atoms with van der Waals surface area (Å²) in [5.74, 6) is -3.91. The van der Waals surface area contributed by atoms with Crippen LogP contribution in [-0.2, 0) is 37.2 Å². The highest BCUT2D eigenvalue weighted by atomic mass is 32.2. The Morgan fingerprint density at radius 2 is 1.46 bits per heavy atom. The molecule has 1 fully saturated rings. The second-order valence-corrected chi connectivity index (χ2v) is 10.7. The molecule has 0 bridgehead atoms. The van der Waals surface area contributed by atoms with Crippen molar-refractivity contribution in [2.45, 2.75) is 35.6 Å². The van der Waals surface area contributed by atoms with Gasteiger partial charge in [-0.2, -0.15) is 31.2 Å². The predicted octanol–water partition coefficient (Wildman–Crippen LogP) is 4.49. The molecule has 4 rings (SSSR count). The van der Waals surface area contributed by atoms with Gasteiger partial charge in [-0.05, 0) is 46.6 Å². The van der Waals surface area contributed by atoms with Crippen molar-refractivity contribution in [1.82, 2.24) is 4.98 Å². The van der Waals surface area contributed by atoms with Crippen LogP contribution in [0.25, 0.3) is 0 Å². The van der Waals surface area contributed by atoms with Crippen molar-refractivity contribution in [3.63, 3.8) is 0 Å². The molecule has 0 spiro atoms. The maximum atomic E-state index is 13.9. The van der Waals surface area contributed by atoms with Gasteiger partial charge in [-0.1, -0.05) is 30.3 Å². The van der Waals surface area contributed by atoms with Gasteiger partial charge in [-0.25, -0.2) is 18.0 Å². The molecule has 1 aromatic heterocycles. The fraction of sp³-hybridized carbons (Fsp3) is 0.200. The van der Waals surface area contributed by atoms with Crippen molar-refractivity contribution in [3.05, 3.63) is 90.3 Å². The Bertz CT molecular complexity index is 1570. The van der Waals surface area contributed by atoms with Gasteiger partial charge in [0.05, 0.1) is 10.6 Å². The Labute approximate surface area is 228 Å². The lowest BCUT2D eigenvalue weighted by Gasteiger charge is -2.31. The van der Waals surface area contributed by atoms with Gasteiger partial charge in [-0.3, -0.25) is 14.6 Å². The number of pyridine rings is 1. The summed E-state index contributed by atoms with van der Waals surface area (Å²) in [6, 6.07) is 9.59. The van der Waals surface area contributed by atoms with Crippen molar-refractivity contribution in [2.75, 3.05) is 4.90 Å². The fourth-order valence-corrected chi connectivity index (χ4v) is 4.98. The summed E-state index contributed by atoms with van der Waals surface area (Å²) in [4.78, 5) is 47.4. The van der Waals surface area contributed by atoms with Crippen LogP contribution in [0.3, 0.4) is 0 Å². The van der Waals surface area contributed by atoms with Gasteiger partial charge in [-0.15, -0.1) is 0 Å². The number of hydrogen-bond donors (Lipinski definition) is 0. The first-order chi connectivity index (χ1) is 19.1. The number of carbonyl (C=O) groups is 3. The van der Waals surface area contributed by atoms with Crippen LogP contribution in [-0.4, -0.2) is 53.7 Å². The van der Waals surface area contributed by atoms with Crippen LogP contribution in [0.15, 0.2) is 84.0 Å². The number of nitrogens with zero attached hydrogens (tertiary/aromatic N) is 3. The first-order valence-electron chi connectivity index (χ1n) is 11.5. The van der Waals surface area contributed by atoms with E-state index in [4.69, 9.17) is 4.84 Å². The molecule has 41 heavy (non-hydrogen) atoms. The van der Waals surface area contributed by atoms with E-state index < -0.39 is 73.7 Å². The maximum Gasteiger partial charge on any atom is 0.501 e. The number of aromatic nitrogens is 1. The van der Waals surface area contributed by atoms with E-state index in [9.17, 15) is 49.1 Å². The molecule has 0 aliphatic carbocycles. The fourth-order valence-electron chi connectivity index (χ4n) is 4.21. The van der Waals surface area contributed by atoms with E-state index in [2.05, 4.69) is 4.98 Å². The summed E-state index contributed by atoms with van der Waals surface area (Å²) in [6.07, 6.45) is -3.45. The van der Waals surface area contributed by atoms with Crippen LogP contribution in [0.4, 0.5) is 36.8 Å². The number of quaternary nitrogens is 1. The van der Waals surface area contributed by atoms with Crippen molar-refractivity contribution in [2.24, 2.45) is 0 Å². The summed E-state index contributed by atoms with van der Waals surface area (Å²) in [5, 5.41) is 0. The molecule has 2 aromatic carbocycles. The van der Waals surface area contributed by atoms with E-state index in [1.165, 1.54) is 36.7 Å². The van der Waals surface area contributed by atoms with Gasteiger partial charge < -0.3 is 0 Å². The molecular weight excluding hydrogens is 584 g/mol. The first-order valence-corrected chi connectivity index (χ1v) is 13.0. The molecule has 2 heterocycles. The van der Waals surface area contributed by atoms with Gasteiger partial charge in [0.25, 0.3) is 9.84 Å². The van der Waals surface area contributed by atoms with Crippen LogP contribution in [0.1, 0.15) is 11.1 Å². The van der Waals surface area contributed by atoms with Crippen LogP contribution >= 0.6 is 0 Å². The Morgan fingerprint density at radius 3 is 2.00 bits per heavy atom. The van der Waals surface area contributed by atoms with Crippen LogP contribution < -0.4 is 4.90 Å². The number of rotatable bonds is 7. The van der Waals surface area contributed by atoms with Crippen LogP contribution in [0.5, 0.6) is 0 Å². The molecule has 0 radical (unpaired) electrons. The summed E-state index contributed by atoms with van der Waals surface area (Å²) in [7, 11) is -5.78. The van der Waals surface area contributed by atoms with Crippen molar-refractivity contribution in [1.29, 1.82) is 0 Å². The van der Waals surface area contributed by atoms with Crippen molar-refractivity contribution in [3.8, 4) is 0 Å². The second kappa shape index (κ2) is 10.6. The van der Waals surface area contributed by atoms with Crippen molar-refractivity contribution >= 4 is 33.4 Å². The van der Waals surface area contributed by atoms with Gasteiger partial charge in [0.2, 0.25) is 6.04 Å². The van der Waals surface area contributed by atoms with Crippen LogP contribution in [0, 0.1) is 0 Å². The molecule has 3 aromatic rings. The third kappa shape index (κ3) is 5.65. The average molecular weight is 602 g/mol. The summed E-state index contributed by atoms with van der Waals surface area (Å²) in [6.45, 7) is -0.747. The third-order valence-electron chi connectivity index (χ3n) is 6.15. The number of hydroxylamine groups is 3. The Kier molecular flexibility index (Phi) is 7.66. The Morgan fingerprint density at radius 1 is 0.878 bits per heavy atom. The van der Waals surface area contributed by atoms with Crippen molar-refractivity contribution < 1.29 is 58.6 Å². The second-order valence-electron chi connectivity index (χ2n) is 8.79. The molecule has 0 saturated carbocycles. The number of alkyl halides is 6. The average Bonchev–Trinajstić information content (AvgIpc) is 3.09. The molecular formula is C25H18F6N3O6S+. The number of sulfone groups is 1. The molecule has 16 heteroatoms. The van der Waals surface area contributed by atoms with E-state index in [-0.39, 0.29) is 5.56 Å². The number of urea groups is 1. The lowest BCUT2D eigenvalue weighted by molar-refractivity contribution is -1.04. The minimum Gasteiger partial charge on any atom is -0.267 e. The lowest BCUT2D eigenvalue weighted by atomic mass is 10.0. The number of halogens is 6. The van der Waals surface area contributed by atoms with Gasteiger partial charge >= 0.3 is 29.6 Å². The topological polar surface area (TPSA) is 111 Å².